The molecule has 0 atom stereocenters. The summed E-state index contributed by atoms with van der Waals surface area (Å²) in [6.45, 7) is 4.86. The lowest BCUT2D eigenvalue weighted by molar-refractivity contribution is -0.383. The van der Waals surface area contributed by atoms with E-state index in [-0.39, 0.29) is 17.3 Å². The van der Waals surface area contributed by atoms with Gasteiger partial charge in [-0.3, -0.25) is 10.1 Å². The summed E-state index contributed by atoms with van der Waals surface area (Å²) in [6.07, 6.45) is 1.28. The fourth-order valence-corrected chi connectivity index (χ4v) is 3.07. The summed E-state index contributed by atoms with van der Waals surface area (Å²) in [4.78, 5) is 19.4. The van der Waals surface area contributed by atoms with E-state index in [1.807, 2.05) is 32.0 Å². The minimum Gasteiger partial charge on any atom is -0.486 e. The molecular weight excluding hydrogens is 374 g/mol. The summed E-state index contributed by atoms with van der Waals surface area (Å²) in [5, 5.41) is 17.8. The van der Waals surface area contributed by atoms with Gasteiger partial charge in [-0.15, -0.1) is 0 Å². The molecule has 3 aromatic rings. The van der Waals surface area contributed by atoms with Gasteiger partial charge in [0.15, 0.2) is 11.5 Å². The number of hydrogen-bond acceptors (Lipinski definition) is 8. The standard InChI is InChI=1S/C20H19N5O4/c1-12-3-5-15(13(2)9-12)24-20-18(25(26)27)19(21-11-22-20)23-14-4-6-16-17(10-14)29-8-7-28-16/h3-6,9-11H,7-8H2,1-2H3,(H2,21,22,23,24). The van der Waals surface area contributed by atoms with E-state index in [0.29, 0.717) is 30.4 Å². The zero-order chi connectivity index (χ0) is 20.4. The fraction of sp³-hybridized carbons (Fsp3) is 0.200. The normalized spacial score (nSPS) is 12.3. The van der Waals surface area contributed by atoms with Crippen molar-refractivity contribution in [2.45, 2.75) is 13.8 Å². The van der Waals surface area contributed by atoms with E-state index in [1.165, 1.54) is 6.33 Å². The van der Waals surface area contributed by atoms with Gasteiger partial charge < -0.3 is 20.1 Å². The van der Waals surface area contributed by atoms with Crippen LogP contribution in [0.15, 0.2) is 42.7 Å². The molecule has 1 aliphatic heterocycles. The van der Waals surface area contributed by atoms with Gasteiger partial charge in [-0.1, -0.05) is 17.7 Å². The number of nitrogens with one attached hydrogen (secondary N) is 2. The maximum absolute atomic E-state index is 11.8. The quantitative estimate of drug-likeness (QED) is 0.488. The van der Waals surface area contributed by atoms with Gasteiger partial charge >= 0.3 is 5.69 Å². The van der Waals surface area contributed by atoms with Crippen molar-refractivity contribution < 1.29 is 14.4 Å². The Hall–Kier alpha value is -3.88. The number of nitro groups is 1. The average molecular weight is 393 g/mol. The van der Waals surface area contributed by atoms with Crippen LogP contribution in [-0.4, -0.2) is 28.1 Å². The van der Waals surface area contributed by atoms with Gasteiger partial charge in [-0.25, -0.2) is 9.97 Å². The number of ether oxygens (including phenoxy) is 2. The highest BCUT2D eigenvalue weighted by Gasteiger charge is 2.24. The molecule has 0 bridgehead atoms. The molecule has 2 aromatic carbocycles. The number of benzene rings is 2. The van der Waals surface area contributed by atoms with Crippen LogP contribution in [0.25, 0.3) is 0 Å². The third-order valence-electron chi connectivity index (χ3n) is 4.44. The van der Waals surface area contributed by atoms with Crippen LogP contribution in [0.4, 0.5) is 28.7 Å². The molecule has 9 heteroatoms. The third-order valence-corrected chi connectivity index (χ3v) is 4.44. The van der Waals surface area contributed by atoms with Crippen molar-refractivity contribution in [1.29, 1.82) is 0 Å². The summed E-state index contributed by atoms with van der Waals surface area (Å²) in [5.41, 5.74) is 3.14. The number of nitrogens with zero attached hydrogens (tertiary/aromatic N) is 3. The van der Waals surface area contributed by atoms with Crippen LogP contribution in [0, 0.1) is 24.0 Å². The summed E-state index contributed by atoms with van der Waals surface area (Å²) < 4.78 is 11.1. The first-order valence-electron chi connectivity index (χ1n) is 9.01. The Morgan fingerprint density at radius 2 is 1.69 bits per heavy atom. The molecule has 29 heavy (non-hydrogen) atoms. The molecule has 9 nitrogen and oxygen atoms in total. The molecule has 2 heterocycles. The zero-order valence-electron chi connectivity index (χ0n) is 15.9. The third kappa shape index (κ3) is 3.88. The van der Waals surface area contributed by atoms with E-state index < -0.39 is 4.92 Å². The molecule has 4 rings (SSSR count). The Morgan fingerprint density at radius 3 is 2.41 bits per heavy atom. The van der Waals surface area contributed by atoms with E-state index in [1.54, 1.807) is 18.2 Å². The van der Waals surface area contributed by atoms with Gasteiger partial charge in [0.2, 0.25) is 11.6 Å². The highest BCUT2D eigenvalue weighted by atomic mass is 16.6. The highest BCUT2D eigenvalue weighted by molar-refractivity contribution is 5.78. The lowest BCUT2D eigenvalue weighted by Crippen LogP contribution is -2.15. The highest BCUT2D eigenvalue weighted by Crippen LogP contribution is 2.37. The minimum absolute atomic E-state index is 0.0777. The number of hydrogen-bond donors (Lipinski definition) is 2. The van der Waals surface area contributed by atoms with Crippen molar-refractivity contribution in [3.63, 3.8) is 0 Å². The first-order valence-corrected chi connectivity index (χ1v) is 9.01. The molecule has 2 N–H and O–H groups in total. The first-order chi connectivity index (χ1) is 14.0. The van der Waals surface area contributed by atoms with E-state index >= 15 is 0 Å². The monoisotopic (exact) mass is 393 g/mol. The van der Waals surface area contributed by atoms with Crippen LogP contribution >= 0.6 is 0 Å². The smallest absolute Gasteiger partial charge is 0.353 e. The molecule has 0 fully saturated rings. The number of aryl methyl sites for hydroxylation is 2. The predicted molar refractivity (Wildman–Crippen MR) is 109 cm³/mol. The molecule has 148 valence electrons. The fourth-order valence-electron chi connectivity index (χ4n) is 3.07. The van der Waals surface area contributed by atoms with Crippen LogP contribution in [0.1, 0.15) is 11.1 Å². The molecule has 0 unspecified atom stereocenters. The molecular formula is C20H19N5O4. The van der Waals surface area contributed by atoms with Crippen molar-refractivity contribution in [3.05, 3.63) is 64.0 Å². The van der Waals surface area contributed by atoms with E-state index in [0.717, 1.165) is 16.8 Å². The Labute approximate surface area is 166 Å². The molecule has 0 saturated carbocycles. The zero-order valence-corrected chi connectivity index (χ0v) is 15.9. The molecule has 1 aliphatic rings. The summed E-state index contributed by atoms with van der Waals surface area (Å²) in [7, 11) is 0. The second-order valence-electron chi connectivity index (χ2n) is 6.60. The summed E-state index contributed by atoms with van der Waals surface area (Å²) in [6, 6.07) is 11.0. The number of aromatic nitrogens is 2. The van der Waals surface area contributed by atoms with Crippen LogP contribution in [0.2, 0.25) is 0 Å². The minimum atomic E-state index is -0.508. The topological polar surface area (TPSA) is 111 Å². The Balaban J connectivity index is 1.67. The Morgan fingerprint density at radius 1 is 0.966 bits per heavy atom. The predicted octanol–water partition coefficient (Wildman–Crippen LogP) is 4.26. The lowest BCUT2D eigenvalue weighted by Gasteiger charge is -2.19. The van der Waals surface area contributed by atoms with Gasteiger partial charge in [0.05, 0.1) is 4.92 Å². The van der Waals surface area contributed by atoms with E-state index in [4.69, 9.17) is 9.47 Å². The Bertz CT molecular complexity index is 1090. The van der Waals surface area contributed by atoms with Crippen molar-refractivity contribution in [2.24, 2.45) is 0 Å². The van der Waals surface area contributed by atoms with Crippen molar-refractivity contribution in [3.8, 4) is 11.5 Å². The molecule has 0 aliphatic carbocycles. The van der Waals surface area contributed by atoms with E-state index in [9.17, 15) is 10.1 Å². The number of anilines is 4. The van der Waals surface area contributed by atoms with Crippen LogP contribution in [-0.2, 0) is 0 Å². The van der Waals surface area contributed by atoms with Gasteiger partial charge in [-0.05, 0) is 37.6 Å². The van der Waals surface area contributed by atoms with E-state index in [2.05, 4.69) is 20.6 Å². The molecule has 1 aromatic heterocycles. The second kappa shape index (κ2) is 7.63. The molecule has 0 radical (unpaired) electrons. The number of fused-ring (bicyclic) bond motifs is 1. The maximum atomic E-state index is 11.8. The van der Waals surface area contributed by atoms with Gasteiger partial charge in [0, 0.05) is 17.4 Å². The Kier molecular flexibility index (Phi) is 4.86. The lowest BCUT2D eigenvalue weighted by atomic mass is 10.1. The first kappa shape index (κ1) is 18.5. The van der Waals surface area contributed by atoms with Crippen molar-refractivity contribution >= 4 is 28.7 Å². The van der Waals surface area contributed by atoms with Gasteiger partial charge in [-0.2, -0.15) is 0 Å². The molecule has 0 spiro atoms. The van der Waals surface area contributed by atoms with Crippen molar-refractivity contribution in [2.75, 3.05) is 23.8 Å². The maximum Gasteiger partial charge on any atom is 0.353 e. The summed E-state index contributed by atoms with van der Waals surface area (Å²) >= 11 is 0. The van der Waals surface area contributed by atoms with Crippen molar-refractivity contribution in [1.82, 2.24) is 9.97 Å². The van der Waals surface area contributed by atoms with Gasteiger partial charge in [0.25, 0.3) is 0 Å². The largest absolute Gasteiger partial charge is 0.486 e. The summed E-state index contributed by atoms with van der Waals surface area (Å²) in [5.74, 6) is 1.40. The SMILES string of the molecule is Cc1ccc(Nc2ncnc(Nc3ccc4c(c3)OCCO4)c2[N+](=O)[O-])c(C)c1. The molecule has 0 amide bonds. The number of rotatable bonds is 5. The van der Waals surface area contributed by atoms with Crippen LogP contribution < -0.4 is 20.1 Å². The molecule has 0 saturated heterocycles. The van der Waals surface area contributed by atoms with Crippen LogP contribution in [0.3, 0.4) is 0 Å². The van der Waals surface area contributed by atoms with Crippen LogP contribution in [0.5, 0.6) is 11.5 Å². The van der Waals surface area contributed by atoms with Gasteiger partial charge in [0.1, 0.15) is 19.5 Å². The second-order valence-corrected chi connectivity index (χ2v) is 6.60. The average Bonchev–Trinajstić information content (AvgIpc) is 2.70.